The molecule has 2 amide bonds. The molecule has 0 aromatic heterocycles. The monoisotopic (exact) mass is 214 g/mol. The molecule has 0 aromatic carbocycles. The third kappa shape index (κ3) is 4.51. The van der Waals surface area contributed by atoms with E-state index in [2.05, 4.69) is 5.32 Å². The molecule has 1 aliphatic rings. The van der Waals surface area contributed by atoms with Crippen LogP contribution in [-0.2, 0) is 0 Å². The van der Waals surface area contributed by atoms with Gasteiger partial charge in [0, 0.05) is 12.1 Å². The molecule has 1 aliphatic carbocycles. The molecule has 4 nitrogen and oxygen atoms in total. The Balaban J connectivity index is 2.51. The van der Waals surface area contributed by atoms with Crippen molar-refractivity contribution in [1.82, 2.24) is 10.2 Å². The first kappa shape index (κ1) is 12.3. The van der Waals surface area contributed by atoms with Crippen molar-refractivity contribution in [3.05, 3.63) is 0 Å². The zero-order valence-electron chi connectivity index (χ0n) is 10.1. The molecule has 1 saturated carbocycles. The lowest BCUT2D eigenvalue weighted by Crippen LogP contribution is -2.50. The Morgan fingerprint density at radius 2 is 2.07 bits per heavy atom. The first-order valence-corrected chi connectivity index (χ1v) is 5.59. The van der Waals surface area contributed by atoms with Crippen molar-refractivity contribution in [2.24, 2.45) is 0 Å². The number of amides is 2. The quantitative estimate of drug-likeness (QED) is 0.742. The van der Waals surface area contributed by atoms with Gasteiger partial charge in [-0.1, -0.05) is 0 Å². The molecule has 1 fully saturated rings. The van der Waals surface area contributed by atoms with Crippen molar-refractivity contribution < 1.29 is 9.90 Å². The van der Waals surface area contributed by atoms with Crippen molar-refractivity contribution in [3.8, 4) is 0 Å². The van der Waals surface area contributed by atoms with E-state index in [0.29, 0.717) is 12.6 Å². The predicted molar refractivity (Wildman–Crippen MR) is 59.7 cm³/mol. The molecule has 0 heterocycles. The summed E-state index contributed by atoms with van der Waals surface area (Å²) in [7, 11) is 0. The fraction of sp³-hybridized carbons (Fsp3) is 0.909. The van der Waals surface area contributed by atoms with Crippen LogP contribution in [0.5, 0.6) is 0 Å². The minimum Gasteiger partial charge on any atom is -0.389 e. The molecule has 0 atom stereocenters. The van der Waals surface area contributed by atoms with Crippen LogP contribution in [0.1, 0.15) is 40.5 Å². The average molecular weight is 214 g/mol. The second-order valence-corrected chi connectivity index (χ2v) is 5.26. The summed E-state index contributed by atoms with van der Waals surface area (Å²) in [5.41, 5.74) is -0.842. The van der Waals surface area contributed by atoms with E-state index in [1.807, 2.05) is 13.8 Å². The third-order valence-corrected chi connectivity index (χ3v) is 2.35. The third-order valence-electron chi connectivity index (χ3n) is 2.35. The lowest BCUT2D eigenvalue weighted by Gasteiger charge is -2.32. The van der Waals surface area contributed by atoms with Crippen molar-refractivity contribution in [2.45, 2.75) is 58.2 Å². The molecule has 0 spiro atoms. The Bertz CT molecular complexity index is 229. The highest BCUT2D eigenvalue weighted by Gasteiger charge is 2.29. The zero-order valence-corrected chi connectivity index (χ0v) is 10.1. The molecule has 88 valence electrons. The summed E-state index contributed by atoms with van der Waals surface area (Å²) in [6.07, 6.45) is 2.17. The maximum Gasteiger partial charge on any atom is 0.317 e. The zero-order chi connectivity index (χ0) is 11.6. The Morgan fingerprint density at radius 1 is 1.53 bits per heavy atom. The number of nitrogens with zero attached hydrogens (tertiary/aromatic N) is 1. The molecular weight excluding hydrogens is 192 g/mol. The number of aliphatic hydroxyl groups is 1. The molecule has 0 radical (unpaired) electrons. The summed E-state index contributed by atoms with van der Waals surface area (Å²) >= 11 is 0. The van der Waals surface area contributed by atoms with Gasteiger partial charge in [0.2, 0.25) is 0 Å². The van der Waals surface area contributed by atoms with E-state index < -0.39 is 5.60 Å². The van der Waals surface area contributed by atoms with Gasteiger partial charge in [0.1, 0.15) is 0 Å². The normalized spacial score (nSPS) is 16.7. The van der Waals surface area contributed by atoms with Gasteiger partial charge < -0.3 is 15.3 Å². The van der Waals surface area contributed by atoms with Gasteiger partial charge in [-0.05, 0) is 40.5 Å². The van der Waals surface area contributed by atoms with E-state index in [1.165, 1.54) is 0 Å². The number of carbonyl (C=O) groups is 1. The van der Waals surface area contributed by atoms with Crippen LogP contribution in [0.25, 0.3) is 0 Å². The highest BCUT2D eigenvalue weighted by atomic mass is 16.3. The Kier molecular flexibility index (Phi) is 3.60. The summed E-state index contributed by atoms with van der Waals surface area (Å²) in [5.74, 6) is 0. The molecule has 15 heavy (non-hydrogen) atoms. The van der Waals surface area contributed by atoms with Gasteiger partial charge in [-0.15, -0.1) is 0 Å². The van der Waals surface area contributed by atoms with Gasteiger partial charge in [0.25, 0.3) is 0 Å². The standard InChI is InChI=1S/C11H22N2O2/c1-8(2)13(7-11(3,4)15)10(14)12-9-5-6-9/h8-9,15H,5-7H2,1-4H3,(H,12,14). The van der Waals surface area contributed by atoms with Crippen molar-refractivity contribution in [1.29, 1.82) is 0 Å². The smallest absolute Gasteiger partial charge is 0.317 e. The lowest BCUT2D eigenvalue weighted by molar-refractivity contribution is 0.0387. The van der Waals surface area contributed by atoms with Crippen LogP contribution in [-0.4, -0.2) is 40.3 Å². The van der Waals surface area contributed by atoms with Crippen molar-refractivity contribution in [3.63, 3.8) is 0 Å². The minimum absolute atomic E-state index is 0.0605. The number of hydrogen-bond acceptors (Lipinski definition) is 2. The van der Waals surface area contributed by atoms with E-state index in [9.17, 15) is 9.90 Å². The summed E-state index contributed by atoms with van der Waals surface area (Å²) < 4.78 is 0. The number of nitrogens with one attached hydrogen (secondary N) is 1. The number of rotatable bonds is 4. The summed E-state index contributed by atoms with van der Waals surface area (Å²) in [5, 5.41) is 12.6. The van der Waals surface area contributed by atoms with Crippen LogP contribution in [0.4, 0.5) is 4.79 Å². The van der Waals surface area contributed by atoms with Crippen LogP contribution < -0.4 is 5.32 Å². The Hall–Kier alpha value is -0.770. The average Bonchev–Trinajstić information content (AvgIpc) is 2.81. The minimum atomic E-state index is -0.842. The highest BCUT2D eigenvalue weighted by molar-refractivity contribution is 5.75. The molecule has 1 rings (SSSR count). The first-order chi connectivity index (χ1) is 6.79. The van der Waals surface area contributed by atoms with Crippen molar-refractivity contribution in [2.75, 3.05) is 6.54 Å². The van der Waals surface area contributed by atoms with E-state index in [1.54, 1.807) is 18.7 Å². The van der Waals surface area contributed by atoms with E-state index in [-0.39, 0.29) is 12.1 Å². The van der Waals surface area contributed by atoms with Gasteiger partial charge in [-0.2, -0.15) is 0 Å². The van der Waals surface area contributed by atoms with Gasteiger partial charge >= 0.3 is 6.03 Å². The van der Waals surface area contributed by atoms with Gasteiger partial charge in [-0.25, -0.2) is 4.79 Å². The van der Waals surface area contributed by atoms with Crippen LogP contribution in [0.2, 0.25) is 0 Å². The summed E-state index contributed by atoms with van der Waals surface area (Å²) in [4.78, 5) is 13.5. The van der Waals surface area contributed by atoms with Crippen molar-refractivity contribution >= 4 is 6.03 Å². The molecule has 0 saturated heterocycles. The molecule has 0 aromatic rings. The molecule has 0 bridgehead atoms. The SMILES string of the molecule is CC(C)N(CC(C)(C)O)C(=O)NC1CC1. The molecule has 0 aliphatic heterocycles. The maximum atomic E-state index is 11.8. The van der Waals surface area contributed by atoms with Gasteiger partial charge in [0.15, 0.2) is 0 Å². The summed E-state index contributed by atoms with van der Waals surface area (Å²) in [6.45, 7) is 7.71. The topological polar surface area (TPSA) is 52.6 Å². The van der Waals surface area contributed by atoms with Crippen LogP contribution >= 0.6 is 0 Å². The Morgan fingerprint density at radius 3 is 2.40 bits per heavy atom. The Labute approximate surface area is 91.6 Å². The number of carbonyl (C=O) groups excluding carboxylic acids is 1. The predicted octanol–water partition coefficient (Wildman–Crippen LogP) is 1.34. The van der Waals surface area contributed by atoms with Gasteiger partial charge in [0.05, 0.1) is 12.1 Å². The van der Waals surface area contributed by atoms with E-state index in [0.717, 1.165) is 12.8 Å². The van der Waals surface area contributed by atoms with Crippen LogP contribution in [0.15, 0.2) is 0 Å². The summed E-state index contributed by atoms with van der Waals surface area (Å²) in [6, 6.07) is 0.408. The fourth-order valence-corrected chi connectivity index (χ4v) is 1.39. The van der Waals surface area contributed by atoms with Gasteiger partial charge in [-0.3, -0.25) is 0 Å². The van der Waals surface area contributed by atoms with Crippen LogP contribution in [0, 0.1) is 0 Å². The first-order valence-electron chi connectivity index (χ1n) is 5.59. The second-order valence-electron chi connectivity index (χ2n) is 5.26. The number of urea groups is 1. The molecule has 4 heteroatoms. The largest absolute Gasteiger partial charge is 0.389 e. The lowest BCUT2D eigenvalue weighted by atomic mass is 10.1. The number of hydrogen-bond donors (Lipinski definition) is 2. The second kappa shape index (κ2) is 4.39. The highest BCUT2D eigenvalue weighted by Crippen LogP contribution is 2.19. The molecule has 2 N–H and O–H groups in total. The van der Waals surface area contributed by atoms with E-state index >= 15 is 0 Å². The molecular formula is C11H22N2O2. The van der Waals surface area contributed by atoms with E-state index in [4.69, 9.17) is 0 Å². The van der Waals surface area contributed by atoms with Crippen LogP contribution in [0.3, 0.4) is 0 Å². The fourth-order valence-electron chi connectivity index (χ4n) is 1.39. The maximum absolute atomic E-state index is 11.8. The molecule has 0 unspecified atom stereocenters.